The molecule has 0 N–H and O–H groups in total. The molecule has 0 saturated heterocycles. The van der Waals surface area contributed by atoms with Crippen LogP contribution in [0, 0.1) is 0 Å². The zero-order valence-electron chi connectivity index (χ0n) is 11.8. The van der Waals surface area contributed by atoms with E-state index < -0.39 is 10.0 Å². The van der Waals surface area contributed by atoms with Gasteiger partial charge in [-0.05, 0) is 12.5 Å². The molecule has 1 aromatic rings. The molecule has 1 rings (SSSR count). The van der Waals surface area contributed by atoms with Crippen LogP contribution in [0.25, 0.3) is 0 Å². The standard InChI is InChI=1S/C13H21NO4S/c1-5-9-19(15,16)14(2)10-11-7-6-8-12(17-3)13(11)18-4/h6-8H,5,9-10H2,1-4H3. The predicted molar refractivity (Wildman–Crippen MR) is 75.1 cm³/mol. The summed E-state index contributed by atoms with van der Waals surface area (Å²) in [6, 6.07) is 5.43. The monoisotopic (exact) mass is 287 g/mol. The molecule has 1 aromatic carbocycles. The van der Waals surface area contributed by atoms with E-state index in [0.717, 1.165) is 5.56 Å². The second-order valence-electron chi connectivity index (χ2n) is 4.22. The Labute approximate surface area is 115 Å². The molecule has 19 heavy (non-hydrogen) atoms. The van der Waals surface area contributed by atoms with Crippen molar-refractivity contribution in [1.82, 2.24) is 4.31 Å². The molecule has 0 aliphatic rings. The van der Waals surface area contributed by atoms with Gasteiger partial charge in [0.25, 0.3) is 0 Å². The Kier molecular flexibility index (Phi) is 5.62. The van der Waals surface area contributed by atoms with Crippen molar-refractivity contribution in [2.75, 3.05) is 27.0 Å². The maximum absolute atomic E-state index is 11.9. The van der Waals surface area contributed by atoms with Crippen molar-refractivity contribution in [2.24, 2.45) is 0 Å². The number of benzene rings is 1. The third kappa shape index (κ3) is 3.84. The van der Waals surface area contributed by atoms with E-state index in [2.05, 4.69) is 0 Å². The predicted octanol–water partition coefficient (Wildman–Crippen LogP) is 1.88. The van der Waals surface area contributed by atoms with Gasteiger partial charge in [0.05, 0.1) is 20.0 Å². The van der Waals surface area contributed by atoms with Crippen molar-refractivity contribution in [3.8, 4) is 11.5 Å². The Morgan fingerprint density at radius 1 is 1.21 bits per heavy atom. The van der Waals surface area contributed by atoms with Gasteiger partial charge in [0.2, 0.25) is 10.0 Å². The zero-order chi connectivity index (χ0) is 14.5. The number of nitrogens with zero attached hydrogens (tertiary/aromatic N) is 1. The van der Waals surface area contributed by atoms with Crippen molar-refractivity contribution < 1.29 is 17.9 Å². The average molecular weight is 287 g/mol. The van der Waals surface area contributed by atoms with Crippen LogP contribution in [-0.2, 0) is 16.6 Å². The first-order valence-corrected chi connectivity index (χ1v) is 7.71. The van der Waals surface area contributed by atoms with Crippen LogP contribution in [-0.4, -0.2) is 39.7 Å². The van der Waals surface area contributed by atoms with E-state index in [9.17, 15) is 8.42 Å². The van der Waals surface area contributed by atoms with E-state index in [1.54, 1.807) is 27.3 Å². The van der Waals surface area contributed by atoms with Crippen molar-refractivity contribution in [3.05, 3.63) is 23.8 Å². The molecule has 0 fully saturated rings. The molecule has 6 heteroatoms. The molecule has 0 spiro atoms. The molecular weight excluding hydrogens is 266 g/mol. The summed E-state index contributed by atoms with van der Waals surface area (Å²) in [6.07, 6.45) is 0.599. The molecule has 0 bridgehead atoms. The molecule has 0 saturated carbocycles. The molecule has 0 amide bonds. The Hall–Kier alpha value is -1.27. The number of para-hydroxylation sites is 1. The minimum absolute atomic E-state index is 0.149. The van der Waals surface area contributed by atoms with Crippen LogP contribution in [0.5, 0.6) is 11.5 Å². The highest BCUT2D eigenvalue weighted by atomic mass is 32.2. The summed E-state index contributed by atoms with van der Waals surface area (Å²) >= 11 is 0. The second-order valence-corrected chi connectivity index (χ2v) is 6.42. The van der Waals surface area contributed by atoms with Crippen LogP contribution >= 0.6 is 0 Å². The van der Waals surface area contributed by atoms with Gasteiger partial charge in [-0.3, -0.25) is 0 Å². The topological polar surface area (TPSA) is 55.8 Å². The number of methoxy groups -OCH3 is 2. The first-order valence-electron chi connectivity index (χ1n) is 6.10. The highest BCUT2D eigenvalue weighted by Crippen LogP contribution is 2.31. The van der Waals surface area contributed by atoms with Crippen molar-refractivity contribution in [2.45, 2.75) is 19.9 Å². The van der Waals surface area contributed by atoms with Gasteiger partial charge in [0.15, 0.2) is 11.5 Å². The van der Waals surface area contributed by atoms with Gasteiger partial charge in [-0.2, -0.15) is 0 Å². The summed E-state index contributed by atoms with van der Waals surface area (Å²) < 4.78 is 35.7. The highest BCUT2D eigenvalue weighted by molar-refractivity contribution is 7.89. The molecule has 0 atom stereocenters. The molecule has 0 unspecified atom stereocenters. The highest BCUT2D eigenvalue weighted by Gasteiger charge is 2.19. The Morgan fingerprint density at radius 3 is 2.42 bits per heavy atom. The van der Waals surface area contributed by atoms with E-state index in [4.69, 9.17) is 9.47 Å². The quantitative estimate of drug-likeness (QED) is 0.768. The molecule has 0 radical (unpaired) electrons. The fourth-order valence-electron chi connectivity index (χ4n) is 1.83. The Balaban J connectivity index is 3.00. The summed E-state index contributed by atoms with van der Waals surface area (Å²) in [6.45, 7) is 2.11. The van der Waals surface area contributed by atoms with Crippen LogP contribution in [0.3, 0.4) is 0 Å². The molecule has 0 aliphatic heterocycles. The van der Waals surface area contributed by atoms with Gasteiger partial charge < -0.3 is 9.47 Å². The third-order valence-electron chi connectivity index (χ3n) is 2.81. The van der Waals surface area contributed by atoms with Crippen molar-refractivity contribution in [3.63, 3.8) is 0 Å². The lowest BCUT2D eigenvalue weighted by Crippen LogP contribution is -2.28. The van der Waals surface area contributed by atoms with Gasteiger partial charge in [0.1, 0.15) is 0 Å². The van der Waals surface area contributed by atoms with Gasteiger partial charge in [-0.1, -0.05) is 19.1 Å². The zero-order valence-corrected chi connectivity index (χ0v) is 12.7. The number of hydrogen-bond acceptors (Lipinski definition) is 4. The molecule has 0 aromatic heterocycles. The summed E-state index contributed by atoms with van der Waals surface area (Å²) in [5, 5.41) is 0. The molecule has 108 valence electrons. The van der Waals surface area contributed by atoms with Crippen molar-refractivity contribution in [1.29, 1.82) is 0 Å². The molecule has 0 heterocycles. The van der Waals surface area contributed by atoms with E-state index in [1.807, 2.05) is 19.1 Å². The van der Waals surface area contributed by atoms with Crippen LogP contribution < -0.4 is 9.47 Å². The second kappa shape index (κ2) is 6.77. The fraction of sp³-hybridized carbons (Fsp3) is 0.538. The number of rotatable bonds is 7. The van der Waals surface area contributed by atoms with E-state index in [1.165, 1.54) is 4.31 Å². The van der Waals surface area contributed by atoms with Crippen LogP contribution in [0.15, 0.2) is 18.2 Å². The summed E-state index contributed by atoms with van der Waals surface area (Å²) in [4.78, 5) is 0. The van der Waals surface area contributed by atoms with E-state index in [-0.39, 0.29) is 12.3 Å². The number of ether oxygens (including phenoxy) is 2. The van der Waals surface area contributed by atoms with E-state index in [0.29, 0.717) is 17.9 Å². The number of sulfonamides is 1. The SMILES string of the molecule is CCCS(=O)(=O)N(C)Cc1cccc(OC)c1OC. The normalized spacial score (nSPS) is 11.6. The minimum atomic E-state index is -3.22. The lowest BCUT2D eigenvalue weighted by Gasteiger charge is -2.19. The fourth-order valence-corrected chi connectivity index (χ4v) is 2.99. The summed E-state index contributed by atoms with van der Waals surface area (Å²) in [5.74, 6) is 1.32. The minimum Gasteiger partial charge on any atom is -0.493 e. The first-order chi connectivity index (χ1) is 8.96. The first kappa shape index (κ1) is 15.8. The smallest absolute Gasteiger partial charge is 0.214 e. The van der Waals surface area contributed by atoms with Gasteiger partial charge in [0, 0.05) is 19.2 Å². The maximum Gasteiger partial charge on any atom is 0.214 e. The summed E-state index contributed by atoms with van der Waals surface area (Å²) in [7, 11) is 1.46. The maximum atomic E-state index is 11.9. The molecule has 0 aliphatic carbocycles. The van der Waals surface area contributed by atoms with Crippen LogP contribution in [0.1, 0.15) is 18.9 Å². The van der Waals surface area contributed by atoms with Crippen LogP contribution in [0.2, 0.25) is 0 Å². The molecular formula is C13H21NO4S. The van der Waals surface area contributed by atoms with E-state index >= 15 is 0 Å². The largest absolute Gasteiger partial charge is 0.493 e. The van der Waals surface area contributed by atoms with Gasteiger partial charge >= 0.3 is 0 Å². The average Bonchev–Trinajstić information content (AvgIpc) is 2.38. The Bertz CT molecular complexity index is 513. The van der Waals surface area contributed by atoms with Gasteiger partial charge in [-0.15, -0.1) is 0 Å². The lowest BCUT2D eigenvalue weighted by molar-refractivity contribution is 0.347. The lowest BCUT2D eigenvalue weighted by atomic mass is 10.2. The van der Waals surface area contributed by atoms with Gasteiger partial charge in [-0.25, -0.2) is 12.7 Å². The van der Waals surface area contributed by atoms with Crippen LogP contribution in [0.4, 0.5) is 0 Å². The number of hydrogen-bond donors (Lipinski definition) is 0. The molecule has 5 nitrogen and oxygen atoms in total. The Morgan fingerprint density at radius 2 is 1.89 bits per heavy atom. The third-order valence-corrected chi connectivity index (χ3v) is 4.82. The van der Waals surface area contributed by atoms with Crippen molar-refractivity contribution >= 4 is 10.0 Å². The summed E-state index contributed by atoms with van der Waals surface area (Å²) in [5.41, 5.74) is 0.782.